The Balaban J connectivity index is 3.19. The summed E-state index contributed by atoms with van der Waals surface area (Å²) in [7, 11) is 0. The van der Waals surface area contributed by atoms with Crippen LogP contribution < -0.4 is 0 Å². The molecule has 0 aromatic heterocycles. The van der Waals surface area contributed by atoms with Crippen molar-refractivity contribution in [1.82, 2.24) is 0 Å². The number of esters is 2. The van der Waals surface area contributed by atoms with Crippen LogP contribution in [0.3, 0.4) is 0 Å². The summed E-state index contributed by atoms with van der Waals surface area (Å²) >= 11 is 12.1. The lowest BCUT2D eigenvalue weighted by Gasteiger charge is -2.09. The highest BCUT2D eigenvalue weighted by Gasteiger charge is 2.23. The Morgan fingerprint density at radius 2 is 1.79 bits per heavy atom. The van der Waals surface area contributed by atoms with Crippen molar-refractivity contribution in [2.24, 2.45) is 10.9 Å². The zero-order valence-electron chi connectivity index (χ0n) is 13.5. The normalized spacial score (nSPS) is 12.0. The van der Waals surface area contributed by atoms with Crippen LogP contribution in [0.25, 0.3) is 0 Å². The molecular formula is C16H17Cl2NO5. The number of benzene rings is 1. The van der Waals surface area contributed by atoms with Crippen molar-refractivity contribution in [3.05, 3.63) is 27.7 Å². The molecule has 0 heterocycles. The second kappa shape index (κ2) is 9.39. The van der Waals surface area contributed by atoms with E-state index >= 15 is 0 Å². The van der Waals surface area contributed by atoms with Crippen LogP contribution >= 0.6 is 23.2 Å². The van der Waals surface area contributed by atoms with Crippen molar-refractivity contribution in [3.63, 3.8) is 0 Å². The van der Waals surface area contributed by atoms with E-state index in [1.54, 1.807) is 13.8 Å². The predicted octanol–water partition coefficient (Wildman–Crippen LogP) is 3.64. The molecule has 0 aliphatic rings. The smallest absolute Gasteiger partial charge is 0.339 e. The molecule has 0 radical (unpaired) electrons. The summed E-state index contributed by atoms with van der Waals surface area (Å²) in [5.41, 5.74) is 0.191. The first kappa shape index (κ1) is 20.1. The fourth-order valence-corrected chi connectivity index (χ4v) is 2.19. The number of carbonyl (C=O) groups is 3. The second-order valence-corrected chi connectivity index (χ2v) is 5.44. The summed E-state index contributed by atoms with van der Waals surface area (Å²) in [5.74, 6) is -2.94. The molecule has 1 unspecified atom stereocenters. The lowest BCUT2D eigenvalue weighted by Crippen LogP contribution is -2.25. The first-order valence-corrected chi connectivity index (χ1v) is 7.94. The largest absolute Gasteiger partial charge is 0.465 e. The second-order valence-electron chi connectivity index (χ2n) is 4.63. The first-order chi connectivity index (χ1) is 11.3. The molecule has 0 aliphatic carbocycles. The van der Waals surface area contributed by atoms with Gasteiger partial charge in [-0.2, -0.15) is 0 Å². The molecule has 8 heteroatoms. The Kier molecular flexibility index (Phi) is 7.88. The molecule has 0 fully saturated rings. The molecule has 0 saturated heterocycles. The quantitative estimate of drug-likeness (QED) is 0.413. The van der Waals surface area contributed by atoms with Gasteiger partial charge in [0.15, 0.2) is 5.92 Å². The molecule has 1 aromatic carbocycles. The van der Waals surface area contributed by atoms with Crippen molar-refractivity contribution in [3.8, 4) is 0 Å². The van der Waals surface area contributed by atoms with Crippen LogP contribution in [-0.2, 0) is 19.1 Å². The lowest BCUT2D eigenvalue weighted by atomic mass is 10.1. The maximum atomic E-state index is 11.9. The van der Waals surface area contributed by atoms with Crippen molar-refractivity contribution >= 4 is 52.8 Å². The van der Waals surface area contributed by atoms with Crippen molar-refractivity contribution in [1.29, 1.82) is 0 Å². The number of ketones is 1. The van der Waals surface area contributed by atoms with E-state index in [9.17, 15) is 14.4 Å². The molecule has 6 nitrogen and oxygen atoms in total. The molecule has 24 heavy (non-hydrogen) atoms. The number of nitrogens with zero attached hydrogens (tertiary/aromatic N) is 1. The number of hydrogen-bond donors (Lipinski definition) is 0. The molecule has 0 bridgehead atoms. The molecular weight excluding hydrogens is 357 g/mol. The van der Waals surface area contributed by atoms with Crippen LogP contribution in [0.15, 0.2) is 17.1 Å². The first-order valence-electron chi connectivity index (χ1n) is 7.19. The number of Topliss-reactive ketones (excluding diaryl/α,β-unsaturated/α-hetero) is 1. The Bertz CT molecular complexity index is 673. The van der Waals surface area contributed by atoms with Gasteiger partial charge < -0.3 is 9.47 Å². The van der Waals surface area contributed by atoms with Crippen molar-refractivity contribution < 1.29 is 23.9 Å². The Hall–Kier alpha value is -1.92. The Labute approximate surface area is 149 Å². The van der Waals surface area contributed by atoms with Gasteiger partial charge in [-0.25, -0.2) is 4.79 Å². The molecule has 0 N–H and O–H groups in total. The van der Waals surface area contributed by atoms with Gasteiger partial charge in [0.2, 0.25) is 0 Å². The fraction of sp³-hybridized carbons (Fsp3) is 0.375. The van der Waals surface area contributed by atoms with E-state index in [0.717, 1.165) is 6.21 Å². The van der Waals surface area contributed by atoms with Crippen molar-refractivity contribution in [2.75, 3.05) is 13.2 Å². The molecule has 1 rings (SSSR count). The number of halogens is 2. The minimum absolute atomic E-state index is 0.0141. The maximum absolute atomic E-state index is 11.9. The van der Waals surface area contributed by atoms with Crippen LogP contribution in [0, 0.1) is 5.92 Å². The van der Waals surface area contributed by atoms with Crippen LogP contribution in [0.2, 0.25) is 10.0 Å². The van der Waals surface area contributed by atoms with E-state index < -0.39 is 23.6 Å². The fourth-order valence-electron chi connectivity index (χ4n) is 1.74. The average molecular weight is 374 g/mol. The standard InChI is InChI=1S/C16H17Cl2NO5/c1-4-23-15(21)11-6-10(17)7-13(14(11)18)19-8-12(9(3)20)16(22)24-5-2/h6-8,12H,4-5H2,1-3H3. The van der Waals surface area contributed by atoms with Gasteiger partial charge in [-0.1, -0.05) is 23.2 Å². The Morgan fingerprint density at radius 1 is 1.17 bits per heavy atom. The van der Waals surface area contributed by atoms with Crippen LogP contribution in [0.4, 0.5) is 5.69 Å². The van der Waals surface area contributed by atoms with E-state index in [0.29, 0.717) is 0 Å². The van der Waals surface area contributed by atoms with Gasteiger partial charge in [-0.05, 0) is 32.9 Å². The summed E-state index contributed by atoms with van der Waals surface area (Å²) in [6, 6.07) is 2.76. The molecule has 1 aromatic rings. The third kappa shape index (κ3) is 5.32. The monoisotopic (exact) mass is 373 g/mol. The van der Waals surface area contributed by atoms with E-state index in [2.05, 4.69) is 4.99 Å². The number of hydrogen-bond acceptors (Lipinski definition) is 6. The van der Waals surface area contributed by atoms with E-state index in [1.165, 1.54) is 19.1 Å². The molecule has 0 spiro atoms. The topological polar surface area (TPSA) is 82.0 Å². The highest BCUT2D eigenvalue weighted by atomic mass is 35.5. The molecule has 130 valence electrons. The minimum atomic E-state index is -1.16. The van der Waals surface area contributed by atoms with Gasteiger partial charge in [0, 0.05) is 11.2 Å². The predicted molar refractivity (Wildman–Crippen MR) is 91.4 cm³/mol. The minimum Gasteiger partial charge on any atom is -0.465 e. The summed E-state index contributed by atoms with van der Waals surface area (Å²) in [5, 5.41) is 0.227. The molecule has 1 atom stereocenters. The maximum Gasteiger partial charge on any atom is 0.339 e. The van der Waals surface area contributed by atoms with E-state index in [4.69, 9.17) is 32.7 Å². The lowest BCUT2D eigenvalue weighted by molar-refractivity contribution is -0.148. The van der Waals surface area contributed by atoms with E-state index in [1.807, 2.05) is 0 Å². The SMILES string of the molecule is CCOC(=O)c1cc(Cl)cc(N=CC(C(C)=O)C(=O)OCC)c1Cl. The van der Waals surface area contributed by atoms with Gasteiger partial charge >= 0.3 is 11.9 Å². The van der Waals surface area contributed by atoms with Gasteiger partial charge in [0.1, 0.15) is 5.78 Å². The third-order valence-corrected chi connectivity index (χ3v) is 3.47. The molecule has 0 amide bonds. The summed E-state index contributed by atoms with van der Waals surface area (Å²) < 4.78 is 9.71. The van der Waals surface area contributed by atoms with Gasteiger partial charge in [-0.15, -0.1) is 0 Å². The molecule has 0 saturated carbocycles. The molecule has 0 aliphatic heterocycles. The van der Waals surface area contributed by atoms with Crippen LogP contribution in [-0.4, -0.2) is 37.2 Å². The number of ether oxygens (including phenoxy) is 2. The van der Waals surface area contributed by atoms with Crippen molar-refractivity contribution in [2.45, 2.75) is 20.8 Å². The highest BCUT2D eigenvalue weighted by molar-refractivity contribution is 6.38. The zero-order valence-corrected chi connectivity index (χ0v) is 15.0. The third-order valence-electron chi connectivity index (χ3n) is 2.85. The van der Waals surface area contributed by atoms with E-state index in [-0.39, 0.29) is 34.5 Å². The summed E-state index contributed by atoms with van der Waals surface area (Å²) in [6.07, 6.45) is 1.12. The number of rotatable bonds is 7. The number of aliphatic imine (C=N–C) groups is 1. The van der Waals surface area contributed by atoms with Gasteiger partial charge in [0.05, 0.1) is 29.5 Å². The average Bonchev–Trinajstić information content (AvgIpc) is 2.50. The van der Waals surface area contributed by atoms with Gasteiger partial charge in [0.25, 0.3) is 0 Å². The zero-order chi connectivity index (χ0) is 18.3. The summed E-state index contributed by atoms with van der Waals surface area (Å²) in [4.78, 5) is 39.2. The Morgan fingerprint density at radius 3 is 2.33 bits per heavy atom. The van der Waals surface area contributed by atoms with Crippen LogP contribution in [0.5, 0.6) is 0 Å². The summed E-state index contributed by atoms with van der Waals surface area (Å²) in [6.45, 7) is 4.85. The highest BCUT2D eigenvalue weighted by Crippen LogP contribution is 2.32. The van der Waals surface area contributed by atoms with Gasteiger partial charge in [-0.3, -0.25) is 14.6 Å². The van der Waals surface area contributed by atoms with Crippen LogP contribution in [0.1, 0.15) is 31.1 Å². The number of carbonyl (C=O) groups excluding carboxylic acids is 3.